The Morgan fingerprint density at radius 2 is 2.29 bits per heavy atom. The Labute approximate surface area is 49.7 Å². The molecule has 0 rings (SSSR count). The number of rotatable bonds is 3. The van der Waals surface area contributed by atoms with Gasteiger partial charge in [-0.1, -0.05) is 0 Å². The molecule has 1 nitrogen and oxygen atoms in total. The van der Waals surface area contributed by atoms with Gasteiger partial charge in [0, 0.05) is 0 Å². The van der Waals surface area contributed by atoms with Crippen molar-refractivity contribution in [3.63, 3.8) is 0 Å². The monoisotopic (exact) mass is 115 g/mol. The normalized spacial score (nSPS) is 9.43. The molecule has 0 aliphatic carbocycles. The molecular formula is C4H10BNS. The SMILES string of the molecule is CCN=BSCC. The van der Waals surface area contributed by atoms with Gasteiger partial charge in [0.15, 0.2) is 0 Å². The van der Waals surface area contributed by atoms with Gasteiger partial charge in [-0.2, -0.15) is 0 Å². The van der Waals surface area contributed by atoms with E-state index in [-0.39, 0.29) is 0 Å². The first kappa shape index (κ1) is 7.21. The molecule has 0 bridgehead atoms. The Morgan fingerprint density at radius 3 is 2.71 bits per heavy atom. The summed E-state index contributed by atoms with van der Waals surface area (Å²) in [4.78, 5) is 4.00. The van der Waals surface area contributed by atoms with Crippen LogP contribution < -0.4 is 0 Å². The summed E-state index contributed by atoms with van der Waals surface area (Å²) in [7, 11) is 0. The minimum absolute atomic E-state index is 0.910. The predicted molar refractivity (Wildman–Crippen MR) is 36.9 cm³/mol. The summed E-state index contributed by atoms with van der Waals surface area (Å²) in [5.41, 5.74) is 0. The molecule has 0 saturated heterocycles. The van der Waals surface area contributed by atoms with Gasteiger partial charge in [-0.15, -0.1) is 0 Å². The third kappa shape index (κ3) is 6.21. The van der Waals surface area contributed by atoms with Crippen LogP contribution in [0.2, 0.25) is 0 Å². The van der Waals surface area contributed by atoms with E-state index in [1.54, 1.807) is 11.6 Å². The van der Waals surface area contributed by atoms with Crippen molar-refractivity contribution in [3.05, 3.63) is 0 Å². The van der Waals surface area contributed by atoms with Gasteiger partial charge in [0.05, 0.1) is 0 Å². The van der Waals surface area contributed by atoms with Gasteiger partial charge in [-0.3, -0.25) is 0 Å². The van der Waals surface area contributed by atoms with Crippen LogP contribution in [0.4, 0.5) is 0 Å². The maximum absolute atomic E-state index is 4.00. The maximum atomic E-state index is 4.00. The van der Waals surface area contributed by atoms with E-state index in [0.29, 0.717) is 0 Å². The summed E-state index contributed by atoms with van der Waals surface area (Å²) in [5, 5.41) is 0. The molecule has 0 radical (unpaired) electrons. The van der Waals surface area contributed by atoms with E-state index in [9.17, 15) is 0 Å². The van der Waals surface area contributed by atoms with Gasteiger partial charge in [0.2, 0.25) is 0 Å². The molecular weight excluding hydrogens is 105 g/mol. The van der Waals surface area contributed by atoms with Crippen LogP contribution in [0, 0.1) is 0 Å². The Hall–Kier alpha value is 0.215. The first-order valence-corrected chi connectivity index (χ1v) is 3.56. The van der Waals surface area contributed by atoms with Crippen molar-refractivity contribution in [1.29, 1.82) is 0 Å². The van der Waals surface area contributed by atoms with Crippen LogP contribution in [0.25, 0.3) is 0 Å². The van der Waals surface area contributed by atoms with Gasteiger partial charge >= 0.3 is 49.0 Å². The van der Waals surface area contributed by atoms with Crippen LogP contribution in [-0.2, 0) is 0 Å². The van der Waals surface area contributed by atoms with Gasteiger partial charge in [0.25, 0.3) is 0 Å². The summed E-state index contributed by atoms with van der Waals surface area (Å²) in [5.74, 6) is 1.13. The molecule has 0 aliphatic heterocycles. The first-order chi connectivity index (χ1) is 3.41. The van der Waals surface area contributed by atoms with Crippen molar-refractivity contribution in [2.45, 2.75) is 13.8 Å². The molecule has 0 aromatic carbocycles. The second-order valence-corrected chi connectivity index (χ2v) is 2.18. The molecule has 0 aromatic heterocycles. The van der Waals surface area contributed by atoms with Crippen LogP contribution >= 0.6 is 11.6 Å². The molecule has 7 heavy (non-hydrogen) atoms. The zero-order chi connectivity index (χ0) is 5.54. The van der Waals surface area contributed by atoms with E-state index in [1.165, 1.54) is 0 Å². The van der Waals surface area contributed by atoms with Gasteiger partial charge in [-0.25, -0.2) is 0 Å². The van der Waals surface area contributed by atoms with E-state index >= 15 is 0 Å². The molecule has 3 heteroatoms. The third-order valence-corrected chi connectivity index (χ3v) is 1.13. The zero-order valence-electron chi connectivity index (χ0n) is 4.85. The Balaban J connectivity index is 2.78. The standard InChI is InChI=1S/C4H10BNS/c1-3-6-5-7-4-2/h3-4H2,1-2H3. The van der Waals surface area contributed by atoms with Crippen molar-refractivity contribution in [2.75, 3.05) is 12.3 Å². The molecule has 0 spiro atoms. The topological polar surface area (TPSA) is 12.4 Å². The van der Waals surface area contributed by atoms with Gasteiger partial charge in [-0.05, 0) is 0 Å². The molecule has 0 heterocycles. The van der Waals surface area contributed by atoms with Gasteiger partial charge in [0.1, 0.15) is 0 Å². The van der Waals surface area contributed by atoms with E-state index in [0.717, 1.165) is 12.3 Å². The van der Waals surface area contributed by atoms with Crippen molar-refractivity contribution in [2.24, 2.45) is 4.90 Å². The first-order valence-electron chi connectivity index (χ1n) is 2.51. The molecule has 0 saturated carbocycles. The molecule has 0 N–H and O–H groups in total. The average molecular weight is 115 g/mol. The fraction of sp³-hybridized carbons (Fsp3) is 1.00. The summed E-state index contributed by atoms with van der Waals surface area (Å²) in [6, 6.07) is 0. The molecule has 0 amide bonds. The number of nitrogens with zero attached hydrogens (tertiary/aromatic N) is 1. The van der Waals surface area contributed by atoms with Gasteiger partial charge < -0.3 is 0 Å². The van der Waals surface area contributed by atoms with Crippen molar-refractivity contribution in [3.8, 4) is 0 Å². The summed E-state index contributed by atoms with van der Waals surface area (Å²) in [6.07, 6.45) is 1.90. The quantitative estimate of drug-likeness (QED) is 0.508. The second kappa shape index (κ2) is 6.21. The molecule has 0 aromatic rings. The fourth-order valence-electron chi connectivity index (χ4n) is 0.202. The van der Waals surface area contributed by atoms with Crippen LogP contribution in [-0.4, -0.2) is 18.6 Å². The Kier molecular flexibility index (Phi) is 6.41. The molecule has 0 unspecified atom stereocenters. The summed E-state index contributed by atoms with van der Waals surface area (Å²) < 4.78 is 0. The molecule has 0 fully saturated rings. The van der Waals surface area contributed by atoms with Crippen LogP contribution in [0.5, 0.6) is 0 Å². The minimum atomic E-state index is 0.910. The summed E-state index contributed by atoms with van der Waals surface area (Å²) >= 11 is 1.74. The Bertz CT molecular complexity index is 55.7. The average Bonchev–Trinajstić information content (AvgIpc) is 1.69. The fourth-order valence-corrected chi connectivity index (χ4v) is 0.605. The van der Waals surface area contributed by atoms with Crippen molar-refractivity contribution in [1.82, 2.24) is 0 Å². The van der Waals surface area contributed by atoms with Crippen LogP contribution in [0.15, 0.2) is 4.90 Å². The Morgan fingerprint density at radius 1 is 1.57 bits per heavy atom. The van der Waals surface area contributed by atoms with E-state index < -0.39 is 0 Å². The van der Waals surface area contributed by atoms with E-state index in [1.807, 2.05) is 13.3 Å². The molecule has 0 atom stereocenters. The van der Waals surface area contributed by atoms with Crippen molar-refractivity contribution >= 4 is 18.0 Å². The number of hydrogen-bond acceptors (Lipinski definition) is 2. The third-order valence-electron chi connectivity index (χ3n) is 0.498. The predicted octanol–water partition coefficient (Wildman–Crippen LogP) is 1.56. The number of hydrogen-bond donors (Lipinski definition) is 0. The zero-order valence-corrected chi connectivity index (χ0v) is 5.66. The van der Waals surface area contributed by atoms with E-state index in [2.05, 4.69) is 11.8 Å². The van der Waals surface area contributed by atoms with Crippen LogP contribution in [0.1, 0.15) is 13.8 Å². The summed E-state index contributed by atoms with van der Waals surface area (Å²) in [6.45, 7) is 5.06. The van der Waals surface area contributed by atoms with E-state index in [4.69, 9.17) is 0 Å². The van der Waals surface area contributed by atoms with Crippen molar-refractivity contribution < 1.29 is 0 Å². The molecule has 0 aliphatic rings. The van der Waals surface area contributed by atoms with Crippen LogP contribution in [0.3, 0.4) is 0 Å². The molecule has 40 valence electrons. The second-order valence-electron chi connectivity index (χ2n) is 1.06.